The third-order valence-corrected chi connectivity index (χ3v) is 6.67. The SMILES string of the molecule is COc1ccc(-c2cc3cc(CN4CCS(=O)(=O)CC4)cc(N)c3[nH]2)cc1. The molecule has 1 fully saturated rings. The molecule has 27 heavy (non-hydrogen) atoms. The summed E-state index contributed by atoms with van der Waals surface area (Å²) in [6, 6.07) is 14.1. The van der Waals surface area contributed by atoms with Crippen molar-refractivity contribution in [3.05, 3.63) is 48.0 Å². The van der Waals surface area contributed by atoms with Crippen LogP contribution >= 0.6 is 0 Å². The number of rotatable bonds is 4. The lowest BCUT2D eigenvalue weighted by Gasteiger charge is -2.26. The lowest BCUT2D eigenvalue weighted by Crippen LogP contribution is -2.39. The molecule has 0 spiro atoms. The van der Waals surface area contributed by atoms with E-state index in [2.05, 4.69) is 22.0 Å². The summed E-state index contributed by atoms with van der Waals surface area (Å²) in [5.41, 5.74) is 11.1. The van der Waals surface area contributed by atoms with Crippen molar-refractivity contribution in [3.8, 4) is 17.0 Å². The van der Waals surface area contributed by atoms with E-state index in [1.807, 2.05) is 30.3 Å². The normalized spacial score (nSPS) is 17.2. The minimum atomic E-state index is -2.86. The second kappa shape index (κ2) is 6.90. The van der Waals surface area contributed by atoms with E-state index in [4.69, 9.17) is 10.5 Å². The van der Waals surface area contributed by atoms with Gasteiger partial charge >= 0.3 is 0 Å². The Bertz CT molecular complexity index is 1060. The maximum absolute atomic E-state index is 11.6. The van der Waals surface area contributed by atoms with E-state index in [0.29, 0.717) is 25.3 Å². The maximum atomic E-state index is 11.6. The maximum Gasteiger partial charge on any atom is 0.152 e. The first-order chi connectivity index (χ1) is 12.9. The Labute approximate surface area is 158 Å². The highest BCUT2D eigenvalue weighted by Gasteiger charge is 2.21. The molecule has 7 heteroatoms. The average molecular weight is 385 g/mol. The van der Waals surface area contributed by atoms with Crippen molar-refractivity contribution in [1.82, 2.24) is 9.88 Å². The molecule has 1 saturated heterocycles. The highest BCUT2D eigenvalue weighted by molar-refractivity contribution is 7.91. The fraction of sp³-hybridized carbons (Fsp3) is 0.300. The Kier molecular flexibility index (Phi) is 4.57. The van der Waals surface area contributed by atoms with E-state index < -0.39 is 9.84 Å². The van der Waals surface area contributed by atoms with Gasteiger partial charge in [0, 0.05) is 30.7 Å². The quantitative estimate of drug-likeness (QED) is 0.674. The number of anilines is 1. The summed E-state index contributed by atoms with van der Waals surface area (Å²) in [7, 11) is -1.21. The number of benzene rings is 2. The van der Waals surface area contributed by atoms with Crippen molar-refractivity contribution < 1.29 is 13.2 Å². The van der Waals surface area contributed by atoms with Crippen LogP contribution in [0.2, 0.25) is 0 Å². The number of nitrogens with two attached hydrogens (primary N) is 1. The number of nitrogen functional groups attached to an aromatic ring is 1. The summed E-state index contributed by atoms with van der Waals surface area (Å²) in [4.78, 5) is 5.57. The van der Waals surface area contributed by atoms with Crippen molar-refractivity contribution in [2.24, 2.45) is 0 Å². The van der Waals surface area contributed by atoms with Gasteiger partial charge in [-0.25, -0.2) is 8.42 Å². The van der Waals surface area contributed by atoms with Crippen molar-refractivity contribution in [3.63, 3.8) is 0 Å². The largest absolute Gasteiger partial charge is 0.497 e. The minimum Gasteiger partial charge on any atom is -0.497 e. The fourth-order valence-corrected chi connectivity index (χ4v) is 4.80. The van der Waals surface area contributed by atoms with Crippen LogP contribution < -0.4 is 10.5 Å². The molecule has 6 nitrogen and oxygen atoms in total. The predicted octanol–water partition coefficient (Wildman–Crippen LogP) is 2.66. The molecule has 0 amide bonds. The van der Waals surface area contributed by atoms with Gasteiger partial charge in [0.2, 0.25) is 0 Å². The molecule has 0 saturated carbocycles. The molecular weight excluding hydrogens is 362 g/mol. The van der Waals surface area contributed by atoms with E-state index >= 15 is 0 Å². The molecule has 0 unspecified atom stereocenters. The first kappa shape index (κ1) is 17.9. The zero-order valence-electron chi connectivity index (χ0n) is 15.2. The first-order valence-electron chi connectivity index (χ1n) is 8.92. The summed E-state index contributed by atoms with van der Waals surface area (Å²) in [5, 5.41) is 1.06. The van der Waals surface area contributed by atoms with Crippen molar-refractivity contribution in [2.75, 3.05) is 37.4 Å². The van der Waals surface area contributed by atoms with Crippen LogP contribution in [-0.4, -0.2) is 50.0 Å². The number of ether oxygens (including phenoxy) is 1. The van der Waals surface area contributed by atoms with Gasteiger partial charge in [-0.2, -0.15) is 0 Å². The Morgan fingerprint density at radius 3 is 2.48 bits per heavy atom. The van der Waals surface area contributed by atoms with Gasteiger partial charge < -0.3 is 15.5 Å². The highest BCUT2D eigenvalue weighted by Crippen LogP contribution is 2.30. The number of H-pyrrole nitrogens is 1. The number of nitrogens with zero attached hydrogens (tertiary/aromatic N) is 1. The molecule has 1 aliphatic heterocycles. The van der Waals surface area contributed by atoms with Gasteiger partial charge in [-0.3, -0.25) is 4.90 Å². The van der Waals surface area contributed by atoms with Gasteiger partial charge in [-0.05, 0) is 53.6 Å². The lowest BCUT2D eigenvalue weighted by atomic mass is 10.1. The predicted molar refractivity (Wildman–Crippen MR) is 109 cm³/mol. The highest BCUT2D eigenvalue weighted by atomic mass is 32.2. The third-order valence-electron chi connectivity index (χ3n) is 5.06. The van der Waals surface area contributed by atoms with Crippen LogP contribution in [0.15, 0.2) is 42.5 Å². The average Bonchev–Trinajstić information content (AvgIpc) is 3.08. The molecule has 142 valence electrons. The molecule has 2 heterocycles. The van der Waals surface area contributed by atoms with Crippen LogP contribution in [0.4, 0.5) is 5.69 Å². The molecule has 2 aromatic carbocycles. The van der Waals surface area contributed by atoms with Gasteiger partial charge in [0.1, 0.15) is 5.75 Å². The minimum absolute atomic E-state index is 0.233. The fourth-order valence-electron chi connectivity index (χ4n) is 3.52. The van der Waals surface area contributed by atoms with Gasteiger partial charge in [0.15, 0.2) is 9.84 Å². The summed E-state index contributed by atoms with van der Waals surface area (Å²) < 4.78 is 28.4. The molecule has 1 aromatic heterocycles. The molecule has 0 atom stereocenters. The monoisotopic (exact) mass is 385 g/mol. The van der Waals surface area contributed by atoms with Crippen LogP contribution in [0, 0.1) is 0 Å². The van der Waals surface area contributed by atoms with Crippen LogP contribution in [0.1, 0.15) is 5.56 Å². The Morgan fingerprint density at radius 1 is 1.11 bits per heavy atom. The van der Waals surface area contributed by atoms with Crippen molar-refractivity contribution >= 4 is 26.4 Å². The Morgan fingerprint density at radius 2 is 1.81 bits per heavy atom. The van der Waals surface area contributed by atoms with Crippen molar-refractivity contribution in [1.29, 1.82) is 0 Å². The van der Waals surface area contributed by atoms with Gasteiger partial charge in [0.25, 0.3) is 0 Å². The number of aromatic amines is 1. The van der Waals surface area contributed by atoms with Gasteiger partial charge in [0.05, 0.1) is 29.8 Å². The number of fused-ring (bicyclic) bond motifs is 1. The molecule has 0 aliphatic carbocycles. The zero-order valence-corrected chi connectivity index (χ0v) is 16.1. The second-order valence-electron chi connectivity index (χ2n) is 6.99. The molecule has 3 aromatic rings. The topological polar surface area (TPSA) is 88.4 Å². The molecule has 0 bridgehead atoms. The summed E-state index contributed by atoms with van der Waals surface area (Å²) in [6.45, 7) is 1.85. The van der Waals surface area contributed by atoms with Crippen LogP contribution in [0.25, 0.3) is 22.2 Å². The number of methoxy groups -OCH3 is 1. The number of nitrogens with one attached hydrogen (secondary N) is 1. The smallest absolute Gasteiger partial charge is 0.152 e. The number of aromatic nitrogens is 1. The zero-order chi connectivity index (χ0) is 19.0. The number of hydrogen-bond acceptors (Lipinski definition) is 5. The summed E-state index contributed by atoms with van der Waals surface area (Å²) in [5.74, 6) is 1.28. The van der Waals surface area contributed by atoms with Crippen LogP contribution in [0.3, 0.4) is 0 Å². The number of sulfone groups is 1. The first-order valence-corrected chi connectivity index (χ1v) is 10.7. The van der Waals surface area contributed by atoms with Gasteiger partial charge in [-0.15, -0.1) is 0 Å². The Balaban J connectivity index is 1.59. The number of hydrogen-bond donors (Lipinski definition) is 2. The Hall–Kier alpha value is -2.51. The summed E-state index contributed by atoms with van der Waals surface area (Å²) in [6.07, 6.45) is 0. The van der Waals surface area contributed by atoms with Gasteiger partial charge in [-0.1, -0.05) is 0 Å². The van der Waals surface area contributed by atoms with Crippen LogP contribution in [-0.2, 0) is 16.4 Å². The van der Waals surface area contributed by atoms with E-state index in [9.17, 15) is 8.42 Å². The summed E-state index contributed by atoms with van der Waals surface area (Å²) >= 11 is 0. The molecule has 3 N–H and O–H groups in total. The van der Waals surface area contributed by atoms with E-state index in [0.717, 1.165) is 33.5 Å². The van der Waals surface area contributed by atoms with E-state index in [1.165, 1.54) is 0 Å². The van der Waals surface area contributed by atoms with Crippen molar-refractivity contribution in [2.45, 2.75) is 6.54 Å². The lowest BCUT2D eigenvalue weighted by molar-refractivity contribution is 0.288. The molecular formula is C20H23N3O3S. The molecule has 1 aliphatic rings. The molecule has 4 rings (SSSR count). The van der Waals surface area contributed by atoms with E-state index in [1.54, 1.807) is 7.11 Å². The van der Waals surface area contributed by atoms with E-state index in [-0.39, 0.29) is 11.5 Å². The van der Waals surface area contributed by atoms with Crippen LogP contribution in [0.5, 0.6) is 5.75 Å². The molecule has 0 radical (unpaired) electrons. The third kappa shape index (κ3) is 3.79. The second-order valence-corrected chi connectivity index (χ2v) is 9.29. The standard InChI is InChI=1S/C20H23N3O3S/c1-26-17-4-2-15(3-5-17)19-12-16-10-14(11-18(21)20(16)22-19)13-23-6-8-27(24,25)9-7-23/h2-5,10-12,22H,6-9,13,21H2,1H3.